The summed E-state index contributed by atoms with van der Waals surface area (Å²) in [7, 11) is 2.22. The monoisotopic (exact) mass is 510 g/mol. The number of amidine groups is 1. The summed E-state index contributed by atoms with van der Waals surface area (Å²) < 4.78 is 0. The molecule has 2 aromatic rings. The van der Waals surface area contributed by atoms with Gasteiger partial charge < -0.3 is 14.7 Å². The minimum Gasteiger partial charge on any atom is -0.355 e. The van der Waals surface area contributed by atoms with Crippen LogP contribution in [0.3, 0.4) is 0 Å². The molecule has 1 fully saturated rings. The van der Waals surface area contributed by atoms with Crippen LogP contribution in [0.4, 0.5) is 0 Å². The van der Waals surface area contributed by atoms with Crippen LogP contribution in [0.1, 0.15) is 61.0 Å². The summed E-state index contributed by atoms with van der Waals surface area (Å²) in [5.41, 5.74) is 5.47. The summed E-state index contributed by atoms with van der Waals surface area (Å²) in [5.74, 6) is 2.99. The number of hydrogen-bond acceptors (Lipinski definition) is 6. The number of likely N-dealkylation sites (N-methyl/N-ethyl adjacent to an activating group) is 1. The Morgan fingerprint density at radius 3 is 2.66 bits per heavy atom. The summed E-state index contributed by atoms with van der Waals surface area (Å²) in [6.07, 6.45) is 12.1. The summed E-state index contributed by atoms with van der Waals surface area (Å²) in [6.45, 7) is 11.7. The standard InChI is InChI=1S/C32H42N6/c1-24(2)26-14-12-25(13-15-26)21-37(29-9-4-7-27-8-6-16-33-32(27)29)22-28-23-38-30(34-28)10-5-11-31(38)36-19-17-35(3)18-20-36/h5-6,8,10-16,24,28-29H,4,7,9,17-23H2,1-3H3/t28?,29-/m0/s1. The van der Waals surface area contributed by atoms with Crippen molar-refractivity contribution < 1.29 is 0 Å². The smallest absolute Gasteiger partial charge is 0.129 e. The van der Waals surface area contributed by atoms with Gasteiger partial charge >= 0.3 is 0 Å². The molecular weight excluding hydrogens is 468 g/mol. The number of aromatic nitrogens is 1. The Balaban J connectivity index is 1.23. The molecule has 1 aliphatic carbocycles. The molecule has 1 unspecified atom stereocenters. The second-order valence-corrected chi connectivity index (χ2v) is 11.7. The van der Waals surface area contributed by atoms with Gasteiger partial charge in [-0.25, -0.2) is 0 Å². The van der Waals surface area contributed by atoms with Crippen LogP contribution in [0.15, 0.2) is 71.6 Å². The lowest BCUT2D eigenvalue weighted by Gasteiger charge is -2.40. The van der Waals surface area contributed by atoms with E-state index in [0.717, 1.165) is 64.5 Å². The highest BCUT2D eigenvalue weighted by molar-refractivity contribution is 5.96. The van der Waals surface area contributed by atoms with Gasteiger partial charge in [-0.1, -0.05) is 50.3 Å². The molecule has 0 spiro atoms. The molecule has 0 N–H and O–H groups in total. The van der Waals surface area contributed by atoms with Crippen LogP contribution in [0, 0.1) is 0 Å². The fourth-order valence-electron chi connectivity index (χ4n) is 6.42. The maximum atomic E-state index is 5.26. The van der Waals surface area contributed by atoms with Crippen molar-refractivity contribution in [2.45, 2.75) is 57.7 Å². The molecule has 6 nitrogen and oxygen atoms in total. The molecule has 1 aromatic carbocycles. The van der Waals surface area contributed by atoms with Crippen molar-refractivity contribution in [1.29, 1.82) is 0 Å². The van der Waals surface area contributed by atoms with Crippen LogP contribution in [-0.4, -0.2) is 82.8 Å². The van der Waals surface area contributed by atoms with Crippen LogP contribution < -0.4 is 0 Å². The third-order valence-corrected chi connectivity index (χ3v) is 8.66. The average molecular weight is 511 g/mol. The van der Waals surface area contributed by atoms with Gasteiger partial charge in [0.25, 0.3) is 0 Å². The predicted octanol–water partition coefficient (Wildman–Crippen LogP) is 4.83. The van der Waals surface area contributed by atoms with E-state index < -0.39 is 0 Å². The Labute approximate surface area is 228 Å². The first-order valence-electron chi connectivity index (χ1n) is 14.5. The molecule has 4 aliphatic rings. The predicted molar refractivity (Wildman–Crippen MR) is 155 cm³/mol. The minimum absolute atomic E-state index is 0.243. The lowest BCUT2D eigenvalue weighted by atomic mass is 9.90. The fourth-order valence-corrected chi connectivity index (χ4v) is 6.42. The zero-order valence-electron chi connectivity index (χ0n) is 23.3. The highest BCUT2D eigenvalue weighted by atomic mass is 15.4. The molecule has 38 heavy (non-hydrogen) atoms. The minimum atomic E-state index is 0.243. The number of rotatable bonds is 7. The molecule has 2 atom stereocenters. The number of piperazine rings is 1. The van der Waals surface area contributed by atoms with Gasteiger partial charge in [0.05, 0.1) is 17.8 Å². The van der Waals surface area contributed by atoms with Gasteiger partial charge in [-0.2, -0.15) is 0 Å². The topological polar surface area (TPSA) is 38.2 Å². The van der Waals surface area contributed by atoms with Gasteiger partial charge in [-0.05, 0) is 67.1 Å². The first-order valence-corrected chi connectivity index (χ1v) is 14.5. The van der Waals surface area contributed by atoms with Crippen molar-refractivity contribution in [2.24, 2.45) is 4.99 Å². The third-order valence-electron chi connectivity index (χ3n) is 8.66. The molecule has 0 radical (unpaired) electrons. The van der Waals surface area contributed by atoms with Crippen LogP contribution in [0.5, 0.6) is 0 Å². The second-order valence-electron chi connectivity index (χ2n) is 11.7. The van der Waals surface area contributed by atoms with E-state index in [1.165, 1.54) is 34.6 Å². The lowest BCUT2D eigenvalue weighted by molar-refractivity contribution is 0.145. The second kappa shape index (κ2) is 11.0. The molecular formula is C32H42N6. The number of allylic oxidation sites excluding steroid dienone is 2. The van der Waals surface area contributed by atoms with Gasteiger partial charge in [0.1, 0.15) is 11.7 Å². The van der Waals surface area contributed by atoms with Crippen molar-refractivity contribution >= 4 is 5.84 Å². The molecule has 6 rings (SSSR count). The number of fused-ring (bicyclic) bond motifs is 2. The Hall–Kier alpha value is -2.96. The normalized spacial score (nSPS) is 23.5. The van der Waals surface area contributed by atoms with Crippen LogP contribution in [0.2, 0.25) is 0 Å². The molecule has 0 bridgehead atoms. The molecule has 1 saturated heterocycles. The Morgan fingerprint density at radius 1 is 1.05 bits per heavy atom. The Kier molecular flexibility index (Phi) is 7.35. The SMILES string of the molecule is CC(C)c1ccc(CN(CC2CN3C(N4CCN(C)CC4)=CC=CC3=N2)[C@H]2CCCc3cccnc32)cc1. The number of hydrogen-bond donors (Lipinski definition) is 0. The first kappa shape index (κ1) is 25.3. The number of aryl methyl sites for hydroxylation is 1. The molecule has 1 aromatic heterocycles. The third kappa shape index (κ3) is 5.29. The Bertz CT molecular complexity index is 1200. The van der Waals surface area contributed by atoms with Gasteiger partial charge in [-0.3, -0.25) is 14.9 Å². The molecule has 0 saturated carbocycles. The van der Waals surface area contributed by atoms with Crippen molar-refractivity contribution in [3.63, 3.8) is 0 Å². The number of nitrogens with zero attached hydrogens (tertiary/aromatic N) is 6. The fraction of sp³-hybridized carbons (Fsp3) is 0.500. The zero-order valence-corrected chi connectivity index (χ0v) is 23.3. The highest BCUT2D eigenvalue weighted by Crippen LogP contribution is 2.35. The van der Waals surface area contributed by atoms with E-state index in [1.54, 1.807) is 0 Å². The van der Waals surface area contributed by atoms with Gasteiger partial charge in [0.15, 0.2) is 0 Å². The molecule has 6 heteroatoms. The van der Waals surface area contributed by atoms with Gasteiger partial charge in [0, 0.05) is 52.0 Å². The largest absolute Gasteiger partial charge is 0.355 e. The van der Waals surface area contributed by atoms with Crippen LogP contribution >= 0.6 is 0 Å². The van der Waals surface area contributed by atoms with E-state index in [1.807, 2.05) is 6.20 Å². The van der Waals surface area contributed by atoms with E-state index >= 15 is 0 Å². The molecule has 200 valence electrons. The average Bonchev–Trinajstić information content (AvgIpc) is 3.36. The number of aliphatic imine (C=N–C) groups is 1. The maximum Gasteiger partial charge on any atom is 0.129 e. The first-order chi connectivity index (χ1) is 18.5. The van der Waals surface area contributed by atoms with Crippen LogP contribution in [0.25, 0.3) is 0 Å². The van der Waals surface area contributed by atoms with Crippen molar-refractivity contribution in [3.8, 4) is 0 Å². The number of pyridine rings is 1. The molecule has 0 amide bonds. The summed E-state index contributed by atoms with van der Waals surface area (Å²) in [5, 5.41) is 0. The lowest BCUT2D eigenvalue weighted by Crippen LogP contribution is -2.48. The van der Waals surface area contributed by atoms with Crippen LogP contribution in [-0.2, 0) is 13.0 Å². The zero-order chi connectivity index (χ0) is 26.1. The van der Waals surface area contributed by atoms with Gasteiger partial charge in [-0.15, -0.1) is 0 Å². The van der Waals surface area contributed by atoms with Gasteiger partial charge in [0.2, 0.25) is 0 Å². The highest BCUT2D eigenvalue weighted by Gasteiger charge is 2.35. The van der Waals surface area contributed by atoms with E-state index in [9.17, 15) is 0 Å². The maximum absolute atomic E-state index is 5.26. The molecule has 4 heterocycles. The summed E-state index contributed by atoms with van der Waals surface area (Å²) in [6, 6.07) is 14.2. The summed E-state index contributed by atoms with van der Waals surface area (Å²) >= 11 is 0. The van der Waals surface area contributed by atoms with Crippen molar-refractivity contribution in [1.82, 2.24) is 24.6 Å². The van der Waals surface area contributed by atoms with E-state index in [4.69, 9.17) is 9.98 Å². The van der Waals surface area contributed by atoms with Crippen molar-refractivity contribution in [2.75, 3.05) is 46.3 Å². The van der Waals surface area contributed by atoms with Crippen molar-refractivity contribution in [3.05, 3.63) is 89.0 Å². The number of benzene rings is 1. The molecule has 3 aliphatic heterocycles. The van der Waals surface area contributed by atoms with E-state index in [-0.39, 0.29) is 6.04 Å². The quantitative estimate of drug-likeness (QED) is 0.534. The van der Waals surface area contributed by atoms with E-state index in [0.29, 0.717) is 12.0 Å². The summed E-state index contributed by atoms with van der Waals surface area (Å²) in [4.78, 5) is 20.2. The van der Waals surface area contributed by atoms with E-state index in [2.05, 4.69) is 95.1 Å². The Morgan fingerprint density at radius 2 is 1.87 bits per heavy atom.